The van der Waals surface area contributed by atoms with Gasteiger partial charge in [-0.15, -0.1) is 0 Å². The van der Waals surface area contributed by atoms with Gasteiger partial charge in [-0.3, -0.25) is 9.67 Å². The van der Waals surface area contributed by atoms with Crippen molar-refractivity contribution in [3.8, 4) is 0 Å². The third-order valence-electron chi connectivity index (χ3n) is 3.87. The van der Waals surface area contributed by atoms with Gasteiger partial charge < -0.3 is 20.3 Å². The second-order valence-electron chi connectivity index (χ2n) is 7.61. The highest BCUT2D eigenvalue weighted by molar-refractivity contribution is 5.80. The van der Waals surface area contributed by atoms with E-state index in [1.807, 2.05) is 51.8 Å². The fourth-order valence-electron chi connectivity index (χ4n) is 2.63. The lowest BCUT2D eigenvalue weighted by Crippen LogP contribution is -2.63. The molecule has 0 radical (unpaired) electrons. The largest absolute Gasteiger partial charge is 0.444 e. The summed E-state index contributed by atoms with van der Waals surface area (Å²) >= 11 is 0. The minimum absolute atomic E-state index is 0.207. The lowest BCUT2D eigenvalue weighted by atomic mass is 10.1. The van der Waals surface area contributed by atoms with Gasteiger partial charge in [-0.05, 0) is 46.1 Å². The zero-order valence-electron chi connectivity index (χ0n) is 16.6. The van der Waals surface area contributed by atoms with Crippen molar-refractivity contribution >= 4 is 12.1 Å². The SMILES string of the molecule is CCNC(=NCCCc1cnn(C)c1)NC1CN(C(=O)OC(C)(C)C)C1. The van der Waals surface area contributed by atoms with E-state index < -0.39 is 5.60 Å². The van der Waals surface area contributed by atoms with Crippen molar-refractivity contribution in [3.05, 3.63) is 18.0 Å². The van der Waals surface area contributed by atoms with E-state index in [0.29, 0.717) is 13.1 Å². The standard InChI is InChI=1S/C18H32N6O2/c1-6-19-16(20-9-7-8-14-10-21-23(5)11-14)22-15-12-24(13-15)17(25)26-18(2,3)4/h10-11,15H,6-9,12-13H2,1-5H3,(H2,19,20,22). The van der Waals surface area contributed by atoms with Crippen LogP contribution >= 0.6 is 0 Å². The zero-order valence-corrected chi connectivity index (χ0v) is 16.6. The number of aromatic nitrogens is 2. The number of nitrogens with one attached hydrogen (secondary N) is 2. The number of amides is 1. The first-order valence-corrected chi connectivity index (χ1v) is 9.27. The number of hydrogen-bond donors (Lipinski definition) is 2. The van der Waals surface area contributed by atoms with Gasteiger partial charge in [0.15, 0.2) is 5.96 Å². The first-order chi connectivity index (χ1) is 12.3. The van der Waals surface area contributed by atoms with Crippen molar-refractivity contribution in [3.63, 3.8) is 0 Å². The van der Waals surface area contributed by atoms with Gasteiger partial charge in [0, 0.05) is 39.4 Å². The summed E-state index contributed by atoms with van der Waals surface area (Å²) in [5, 5.41) is 10.8. The molecule has 2 heterocycles. The maximum absolute atomic E-state index is 12.0. The molecule has 0 aliphatic carbocycles. The maximum atomic E-state index is 12.0. The van der Waals surface area contributed by atoms with Crippen LogP contribution in [0.15, 0.2) is 17.4 Å². The van der Waals surface area contributed by atoms with Crippen LogP contribution in [0.1, 0.15) is 39.7 Å². The molecule has 8 heteroatoms. The Kier molecular flexibility index (Phi) is 6.88. The van der Waals surface area contributed by atoms with E-state index in [4.69, 9.17) is 4.74 Å². The van der Waals surface area contributed by atoms with Crippen LogP contribution in [0.25, 0.3) is 0 Å². The fraction of sp³-hybridized carbons (Fsp3) is 0.722. The maximum Gasteiger partial charge on any atom is 0.410 e. The highest BCUT2D eigenvalue weighted by atomic mass is 16.6. The lowest BCUT2D eigenvalue weighted by molar-refractivity contribution is 0.00701. The average Bonchev–Trinajstić information content (AvgIpc) is 2.90. The van der Waals surface area contributed by atoms with E-state index in [2.05, 4.69) is 20.7 Å². The molecule has 0 aromatic carbocycles. The molecule has 8 nitrogen and oxygen atoms in total. The Morgan fingerprint density at radius 1 is 1.42 bits per heavy atom. The summed E-state index contributed by atoms with van der Waals surface area (Å²) in [5.41, 5.74) is 0.771. The molecule has 1 aromatic rings. The Morgan fingerprint density at radius 2 is 2.15 bits per heavy atom. The molecule has 0 bridgehead atoms. The normalized spacial score (nSPS) is 15.6. The molecule has 0 unspecified atom stereocenters. The van der Waals surface area contributed by atoms with Crippen LogP contribution in [-0.2, 0) is 18.2 Å². The summed E-state index contributed by atoms with van der Waals surface area (Å²) in [5.74, 6) is 0.799. The number of rotatable bonds is 6. The Bertz CT molecular complexity index is 613. The molecule has 2 N–H and O–H groups in total. The number of aliphatic imine (C=N–C) groups is 1. The third kappa shape index (κ3) is 6.57. The van der Waals surface area contributed by atoms with E-state index in [0.717, 1.165) is 31.9 Å². The average molecular weight is 364 g/mol. The van der Waals surface area contributed by atoms with Crippen LogP contribution in [0.2, 0.25) is 0 Å². The number of guanidine groups is 1. The smallest absolute Gasteiger partial charge is 0.410 e. The van der Waals surface area contributed by atoms with Crippen LogP contribution in [0.4, 0.5) is 4.79 Å². The molecule has 0 saturated carbocycles. The number of ether oxygens (including phenoxy) is 1. The molecule has 1 aliphatic rings. The monoisotopic (exact) mass is 364 g/mol. The van der Waals surface area contributed by atoms with Crippen LogP contribution in [0.5, 0.6) is 0 Å². The molecule has 146 valence electrons. The first kappa shape index (κ1) is 20.1. The molecule has 1 saturated heterocycles. The Morgan fingerprint density at radius 3 is 2.73 bits per heavy atom. The molecule has 2 rings (SSSR count). The lowest BCUT2D eigenvalue weighted by Gasteiger charge is -2.40. The zero-order chi connectivity index (χ0) is 19.2. The van der Waals surface area contributed by atoms with Crippen LogP contribution in [-0.4, -0.2) is 64.6 Å². The van der Waals surface area contributed by atoms with Gasteiger partial charge in [0.1, 0.15) is 5.60 Å². The van der Waals surface area contributed by atoms with Crippen molar-refractivity contribution in [2.24, 2.45) is 12.0 Å². The molecular weight excluding hydrogens is 332 g/mol. The summed E-state index contributed by atoms with van der Waals surface area (Å²) in [6.07, 6.45) is 5.61. The van der Waals surface area contributed by atoms with Gasteiger partial charge in [-0.1, -0.05) is 0 Å². The van der Waals surface area contributed by atoms with E-state index >= 15 is 0 Å². The number of carbonyl (C=O) groups is 1. The minimum atomic E-state index is -0.458. The van der Waals surface area contributed by atoms with Crippen LogP contribution in [0.3, 0.4) is 0 Å². The summed E-state index contributed by atoms with van der Waals surface area (Å²) in [6.45, 7) is 10.5. The number of likely N-dealkylation sites (tertiary alicyclic amines) is 1. The molecular formula is C18H32N6O2. The van der Waals surface area contributed by atoms with Crippen molar-refractivity contribution in [1.82, 2.24) is 25.3 Å². The van der Waals surface area contributed by atoms with Gasteiger partial charge in [-0.2, -0.15) is 5.10 Å². The molecule has 1 aromatic heterocycles. The van der Waals surface area contributed by atoms with E-state index in [1.54, 1.807) is 4.90 Å². The number of hydrogen-bond acceptors (Lipinski definition) is 4. The number of aryl methyl sites for hydroxylation is 2. The summed E-state index contributed by atoms with van der Waals surface area (Å²) in [7, 11) is 1.92. The third-order valence-corrected chi connectivity index (χ3v) is 3.87. The van der Waals surface area contributed by atoms with Gasteiger partial charge >= 0.3 is 6.09 Å². The Hall–Kier alpha value is -2.25. The van der Waals surface area contributed by atoms with Crippen molar-refractivity contribution < 1.29 is 9.53 Å². The highest BCUT2D eigenvalue weighted by Crippen LogP contribution is 2.15. The van der Waals surface area contributed by atoms with E-state index in [-0.39, 0.29) is 12.1 Å². The van der Waals surface area contributed by atoms with Crippen LogP contribution in [0, 0.1) is 0 Å². The number of nitrogens with zero attached hydrogens (tertiary/aromatic N) is 4. The fourth-order valence-corrected chi connectivity index (χ4v) is 2.63. The van der Waals surface area contributed by atoms with Gasteiger partial charge in [0.05, 0.1) is 12.2 Å². The van der Waals surface area contributed by atoms with E-state index in [1.165, 1.54) is 5.56 Å². The quantitative estimate of drug-likeness (QED) is 0.454. The van der Waals surface area contributed by atoms with Crippen molar-refractivity contribution in [2.75, 3.05) is 26.2 Å². The van der Waals surface area contributed by atoms with Crippen molar-refractivity contribution in [2.45, 2.75) is 52.2 Å². The molecule has 1 amide bonds. The van der Waals surface area contributed by atoms with Gasteiger partial charge in [0.2, 0.25) is 0 Å². The van der Waals surface area contributed by atoms with Gasteiger partial charge in [-0.25, -0.2) is 4.79 Å². The summed E-state index contributed by atoms with van der Waals surface area (Å²) in [4.78, 5) is 18.3. The predicted molar refractivity (Wildman–Crippen MR) is 102 cm³/mol. The number of carbonyl (C=O) groups excluding carboxylic acids is 1. The Labute approximate surface area is 156 Å². The topological polar surface area (TPSA) is 83.8 Å². The highest BCUT2D eigenvalue weighted by Gasteiger charge is 2.34. The molecule has 1 fully saturated rings. The van der Waals surface area contributed by atoms with Crippen molar-refractivity contribution in [1.29, 1.82) is 0 Å². The minimum Gasteiger partial charge on any atom is -0.444 e. The predicted octanol–water partition coefficient (Wildman–Crippen LogP) is 1.53. The summed E-state index contributed by atoms with van der Waals surface area (Å²) < 4.78 is 7.19. The second-order valence-corrected chi connectivity index (χ2v) is 7.61. The van der Waals surface area contributed by atoms with E-state index in [9.17, 15) is 4.79 Å². The molecule has 0 spiro atoms. The second kappa shape index (κ2) is 8.91. The first-order valence-electron chi connectivity index (χ1n) is 9.27. The summed E-state index contributed by atoms with van der Waals surface area (Å²) in [6, 6.07) is 0.207. The van der Waals surface area contributed by atoms with Crippen LogP contribution < -0.4 is 10.6 Å². The Balaban J connectivity index is 1.72. The van der Waals surface area contributed by atoms with Gasteiger partial charge in [0.25, 0.3) is 0 Å². The molecule has 26 heavy (non-hydrogen) atoms. The molecule has 0 atom stereocenters. The molecule has 1 aliphatic heterocycles.